The molecule has 0 saturated heterocycles. The minimum atomic E-state index is -1.58. The summed E-state index contributed by atoms with van der Waals surface area (Å²) in [6, 6.07) is 0. The van der Waals surface area contributed by atoms with Crippen molar-refractivity contribution in [3.63, 3.8) is 0 Å². The molecule has 0 aliphatic heterocycles. The molecule has 0 heterocycles. The van der Waals surface area contributed by atoms with Gasteiger partial charge in [0.2, 0.25) is 6.29 Å². The van der Waals surface area contributed by atoms with Gasteiger partial charge < -0.3 is 24.4 Å². The highest BCUT2D eigenvalue weighted by Crippen LogP contribution is 2.08. The lowest BCUT2D eigenvalue weighted by atomic mass is 10.3. The van der Waals surface area contributed by atoms with E-state index in [0.29, 0.717) is 5.57 Å². The number of ether oxygens (including phenoxy) is 3. The van der Waals surface area contributed by atoms with Crippen molar-refractivity contribution < 1.29 is 34.0 Å². The van der Waals surface area contributed by atoms with Crippen LogP contribution in [0.3, 0.4) is 0 Å². The third kappa shape index (κ3) is 6.66. The van der Waals surface area contributed by atoms with E-state index in [-0.39, 0.29) is 6.61 Å². The zero-order chi connectivity index (χ0) is 12.7. The van der Waals surface area contributed by atoms with E-state index in [2.05, 4.69) is 16.1 Å². The molecule has 2 unspecified atom stereocenters. The van der Waals surface area contributed by atoms with E-state index in [4.69, 9.17) is 14.9 Å². The third-order valence-electron chi connectivity index (χ3n) is 1.38. The molecule has 0 aromatic heterocycles. The summed E-state index contributed by atoms with van der Waals surface area (Å²) in [5.74, 6) is 0. The molecule has 0 aliphatic rings. The Morgan fingerprint density at radius 2 is 1.75 bits per heavy atom. The van der Waals surface area contributed by atoms with Gasteiger partial charge in [0, 0.05) is 0 Å². The van der Waals surface area contributed by atoms with Crippen LogP contribution in [-0.2, 0) is 14.2 Å². The normalized spacial score (nSPS) is 13.6. The molecule has 0 aliphatic carbocycles. The van der Waals surface area contributed by atoms with E-state index in [1.165, 1.54) is 6.92 Å². The molecule has 0 saturated carbocycles. The lowest BCUT2D eigenvalue weighted by Crippen LogP contribution is -2.35. The van der Waals surface area contributed by atoms with Crippen LogP contribution in [0.15, 0.2) is 12.2 Å². The Morgan fingerprint density at radius 3 is 2.12 bits per heavy atom. The summed E-state index contributed by atoms with van der Waals surface area (Å²) in [4.78, 5) is 20.6. The number of rotatable bonds is 6. The first-order valence-electron chi connectivity index (χ1n) is 4.38. The second kappa shape index (κ2) is 6.67. The Hall–Kier alpha value is -1.76. The van der Waals surface area contributed by atoms with E-state index >= 15 is 0 Å². The van der Waals surface area contributed by atoms with Crippen LogP contribution in [0, 0.1) is 0 Å². The number of hydrogen-bond acceptors (Lipinski definition) is 5. The molecule has 7 nitrogen and oxygen atoms in total. The number of carboxylic acid groups (broad SMARTS) is 2. The fraction of sp³-hybridized carbons (Fsp3) is 0.556. The molecule has 0 spiro atoms. The summed E-state index contributed by atoms with van der Waals surface area (Å²) in [5, 5.41) is 16.8. The van der Waals surface area contributed by atoms with Gasteiger partial charge in [-0.1, -0.05) is 12.2 Å². The van der Waals surface area contributed by atoms with Crippen molar-refractivity contribution in [2.24, 2.45) is 0 Å². The van der Waals surface area contributed by atoms with Gasteiger partial charge in [-0.25, -0.2) is 9.59 Å². The van der Waals surface area contributed by atoms with Gasteiger partial charge in [0.25, 0.3) is 0 Å². The van der Waals surface area contributed by atoms with Crippen molar-refractivity contribution in [1.29, 1.82) is 0 Å². The Balaban J connectivity index is 4.33. The Bertz CT molecular complexity index is 273. The van der Waals surface area contributed by atoms with Crippen LogP contribution in [0.25, 0.3) is 0 Å². The first kappa shape index (κ1) is 14.2. The molecule has 0 radical (unpaired) electrons. The van der Waals surface area contributed by atoms with Crippen molar-refractivity contribution in [2.45, 2.75) is 26.2 Å². The van der Waals surface area contributed by atoms with Gasteiger partial charge in [-0.05, 0) is 13.8 Å². The minimum absolute atomic E-state index is 0.0469. The van der Waals surface area contributed by atoms with E-state index in [0.717, 1.165) is 0 Å². The lowest BCUT2D eigenvalue weighted by molar-refractivity contribution is -0.165. The SMILES string of the molecule is C=C(C)COC(OC(=O)O)C(C)OC(=O)O. The van der Waals surface area contributed by atoms with Gasteiger partial charge in [-0.3, -0.25) is 0 Å². The van der Waals surface area contributed by atoms with Crippen LogP contribution in [0.5, 0.6) is 0 Å². The summed E-state index contributed by atoms with van der Waals surface area (Å²) in [7, 11) is 0. The fourth-order valence-corrected chi connectivity index (χ4v) is 0.804. The monoisotopic (exact) mass is 234 g/mol. The second-order valence-electron chi connectivity index (χ2n) is 3.11. The predicted molar refractivity (Wildman–Crippen MR) is 52.2 cm³/mol. The van der Waals surface area contributed by atoms with Crippen LogP contribution in [0.1, 0.15) is 13.8 Å². The molecule has 2 atom stereocenters. The van der Waals surface area contributed by atoms with Gasteiger partial charge >= 0.3 is 12.3 Å². The quantitative estimate of drug-likeness (QED) is 0.409. The van der Waals surface area contributed by atoms with Gasteiger partial charge in [0.05, 0.1) is 6.61 Å². The molecule has 92 valence electrons. The molecule has 0 rings (SSSR count). The summed E-state index contributed by atoms with van der Waals surface area (Å²) in [6.07, 6.45) is -5.49. The number of carbonyl (C=O) groups is 2. The topological polar surface area (TPSA) is 102 Å². The van der Waals surface area contributed by atoms with Crippen molar-refractivity contribution in [3.05, 3.63) is 12.2 Å². The summed E-state index contributed by atoms with van der Waals surface area (Å²) in [6.45, 7) is 6.58. The van der Waals surface area contributed by atoms with Crippen LogP contribution in [0.2, 0.25) is 0 Å². The Kier molecular flexibility index (Phi) is 5.94. The average Bonchev–Trinajstić information content (AvgIpc) is 2.09. The Morgan fingerprint density at radius 1 is 1.25 bits per heavy atom. The summed E-state index contributed by atoms with van der Waals surface area (Å²) < 4.78 is 13.6. The van der Waals surface area contributed by atoms with Crippen molar-refractivity contribution >= 4 is 12.3 Å². The highest BCUT2D eigenvalue weighted by Gasteiger charge is 2.25. The minimum Gasteiger partial charge on any atom is -0.450 e. The van der Waals surface area contributed by atoms with Gasteiger partial charge in [0.1, 0.15) is 0 Å². The van der Waals surface area contributed by atoms with E-state index in [1.54, 1.807) is 6.92 Å². The highest BCUT2D eigenvalue weighted by atomic mass is 16.8. The molecular weight excluding hydrogens is 220 g/mol. The van der Waals surface area contributed by atoms with E-state index < -0.39 is 24.7 Å². The molecule has 0 aromatic rings. The molecule has 0 aromatic carbocycles. The van der Waals surface area contributed by atoms with Gasteiger partial charge in [0.15, 0.2) is 6.10 Å². The molecule has 0 fully saturated rings. The average molecular weight is 234 g/mol. The molecule has 16 heavy (non-hydrogen) atoms. The number of hydrogen-bond donors (Lipinski definition) is 2. The van der Waals surface area contributed by atoms with Crippen LogP contribution < -0.4 is 0 Å². The lowest BCUT2D eigenvalue weighted by Gasteiger charge is -2.21. The summed E-state index contributed by atoms with van der Waals surface area (Å²) in [5.41, 5.74) is 0.640. The van der Waals surface area contributed by atoms with Gasteiger partial charge in [-0.15, -0.1) is 0 Å². The predicted octanol–water partition coefficient (Wildman–Crippen LogP) is 1.68. The van der Waals surface area contributed by atoms with Gasteiger partial charge in [-0.2, -0.15) is 0 Å². The van der Waals surface area contributed by atoms with E-state index in [9.17, 15) is 9.59 Å². The third-order valence-corrected chi connectivity index (χ3v) is 1.38. The van der Waals surface area contributed by atoms with Crippen molar-refractivity contribution in [3.8, 4) is 0 Å². The largest absolute Gasteiger partial charge is 0.508 e. The first-order valence-corrected chi connectivity index (χ1v) is 4.38. The smallest absolute Gasteiger partial charge is 0.450 e. The van der Waals surface area contributed by atoms with Crippen LogP contribution in [0.4, 0.5) is 9.59 Å². The Labute approximate surface area is 92.2 Å². The summed E-state index contributed by atoms with van der Waals surface area (Å²) >= 11 is 0. The van der Waals surface area contributed by atoms with Crippen molar-refractivity contribution in [1.82, 2.24) is 0 Å². The van der Waals surface area contributed by atoms with E-state index in [1.807, 2.05) is 0 Å². The standard InChI is InChI=1S/C9H14O7/c1-5(2)4-14-7(16-9(12)13)6(3)15-8(10)11/h6-7H,1,4H2,2-3H3,(H,10,11)(H,12,13). The molecule has 0 bridgehead atoms. The molecule has 7 heteroatoms. The highest BCUT2D eigenvalue weighted by molar-refractivity contribution is 5.58. The van der Waals surface area contributed by atoms with Crippen molar-refractivity contribution in [2.75, 3.05) is 6.61 Å². The maximum atomic E-state index is 10.3. The maximum Gasteiger partial charge on any atom is 0.508 e. The maximum absolute atomic E-state index is 10.3. The first-order chi connectivity index (χ1) is 7.32. The molecule has 0 amide bonds. The second-order valence-corrected chi connectivity index (χ2v) is 3.11. The zero-order valence-electron chi connectivity index (χ0n) is 9.00. The molecule has 2 N–H and O–H groups in total. The fourth-order valence-electron chi connectivity index (χ4n) is 0.804. The van der Waals surface area contributed by atoms with Crippen LogP contribution in [-0.4, -0.2) is 41.5 Å². The zero-order valence-corrected chi connectivity index (χ0v) is 9.00. The van der Waals surface area contributed by atoms with Crippen LogP contribution >= 0.6 is 0 Å². The molecular formula is C9H14O7.